The molecule has 0 aliphatic heterocycles. The van der Waals surface area contributed by atoms with Crippen molar-refractivity contribution < 1.29 is 14.7 Å². The van der Waals surface area contributed by atoms with Crippen molar-refractivity contribution in [3.05, 3.63) is 24.8 Å². The fourth-order valence-electron chi connectivity index (χ4n) is 0.664. The number of aliphatic hydroxyl groups is 1. The van der Waals surface area contributed by atoms with Gasteiger partial charge >= 0.3 is 0 Å². The summed E-state index contributed by atoms with van der Waals surface area (Å²) in [6, 6.07) is 0.209. The SMILES string of the molecule is C=C(C)C(=O)NCCO.C=CC(=O)NC(C)C. The lowest BCUT2D eigenvalue weighted by Crippen LogP contribution is -2.27. The molecule has 0 heterocycles. The van der Waals surface area contributed by atoms with Gasteiger partial charge in [-0.05, 0) is 26.8 Å². The minimum absolute atomic E-state index is 0.0288. The molecule has 3 N–H and O–H groups in total. The van der Waals surface area contributed by atoms with Gasteiger partial charge < -0.3 is 15.7 Å². The summed E-state index contributed by atoms with van der Waals surface area (Å²) in [4.78, 5) is 21.0. The van der Waals surface area contributed by atoms with Crippen LogP contribution in [0.25, 0.3) is 0 Å². The smallest absolute Gasteiger partial charge is 0.246 e. The van der Waals surface area contributed by atoms with Gasteiger partial charge in [0.05, 0.1) is 6.61 Å². The molecule has 0 saturated carbocycles. The van der Waals surface area contributed by atoms with Gasteiger partial charge in [0.2, 0.25) is 11.8 Å². The average molecular weight is 242 g/mol. The maximum absolute atomic E-state index is 10.6. The van der Waals surface area contributed by atoms with Crippen molar-refractivity contribution in [2.45, 2.75) is 26.8 Å². The van der Waals surface area contributed by atoms with E-state index in [0.29, 0.717) is 12.1 Å². The molecule has 0 radical (unpaired) electrons. The summed E-state index contributed by atoms with van der Waals surface area (Å²) < 4.78 is 0. The van der Waals surface area contributed by atoms with Crippen molar-refractivity contribution in [1.29, 1.82) is 0 Å². The largest absolute Gasteiger partial charge is 0.395 e. The van der Waals surface area contributed by atoms with Crippen LogP contribution >= 0.6 is 0 Å². The highest BCUT2D eigenvalue weighted by Gasteiger charge is 1.97. The molecule has 0 aliphatic rings. The Morgan fingerprint density at radius 2 is 1.94 bits per heavy atom. The van der Waals surface area contributed by atoms with E-state index in [4.69, 9.17) is 5.11 Å². The predicted molar refractivity (Wildman–Crippen MR) is 68.4 cm³/mol. The van der Waals surface area contributed by atoms with Crippen LogP contribution in [0, 0.1) is 0 Å². The monoisotopic (exact) mass is 242 g/mol. The Morgan fingerprint density at radius 1 is 1.41 bits per heavy atom. The van der Waals surface area contributed by atoms with Crippen molar-refractivity contribution in [2.75, 3.05) is 13.2 Å². The third-order valence-electron chi connectivity index (χ3n) is 1.40. The van der Waals surface area contributed by atoms with Crippen LogP contribution in [0.5, 0.6) is 0 Å². The molecule has 0 spiro atoms. The van der Waals surface area contributed by atoms with Crippen LogP contribution in [0.4, 0.5) is 0 Å². The first-order valence-corrected chi connectivity index (χ1v) is 5.32. The number of amides is 2. The maximum atomic E-state index is 10.6. The third kappa shape index (κ3) is 14.4. The zero-order chi connectivity index (χ0) is 13.8. The Morgan fingerprint density at radius 3 is 2.18 bits per heavy atom. The molecule has 2 amide bonds. The van der Waals surface area contributed by atoms with E-state index < -0.39 is 0 Å². The minimum atomic E-state index is -0.205. The van der Waals surface area contributed by atoms with Crippen LogP contribution in [0.15, 0.2) is 24.8 Å². The summed E-state index contributed by atoms with van der Waals surface area (Å²) in [7, 11) is 0. The molecule has 5 nitrogen and oxygen atoms in total. The zero-order valence-electron chi connectivity index (χ0n) is 10.7. The quantitative estimate of drug-likeness (QED) is 0.609. The Balaban J connectivity index is 0. The van der Waals surface area contributed by atoms with Gasteiger partial charge in [-0.15, -0.1) is 0 Å². The molecule has 0 unspecified atom stereocenters. The summed E-state index contributed by atoms with van der Waals surface area (Å²) >= 11 is 0. The van der Waals surface area contributed by atoms with Gasteiger partial charge in [-0.1, -0.05) is 13.2 Å². The van der Waals surface area contributed by atoms with Crippen molar-refractivity contribution in [3.8, 4) is 0 Å². The van der Waals surface area contributed by atoms with Crippen LogP contribution in [0.1, 0.15) is 20.8 Å². The Labute approximate surface area is 103 Å². The van der Waals surface area contributed by atoms with Gasteiger partial charge in [-0.25, -0.2) is 0 Å². The van der Waals surface area contributed by atoms with Crippen LogP contribution in [0.3, 0.4) is 0 Å². The van der Waals surface area contributed by atoms with Gasteiger partial charge in [-0.2, -0.15) is 0 Å². The van der Waals surface area contributed by atoms with Crippen LogP contribution in [0.2, 0.25) is 0 Å². The molecule has 0 saturated heterocycles. The van der Waals surface area contributed by atoms with Gasteiger partial charge in [0.25, 0.3) is 0 Å². The fourth-order valence-corrected chi connectivity index (χ4v) is 0.664. The lowest BCUT2D eigenvalue weighted by atomic mass is 10.3. The van der Waals surface area contributed by atoms with E-state index in [0.717, 1.165) is 0 Å². The molecule has 0 rings (SSSR count). The molecule has 0 bridgehead atoms. The normalized spacial score (nSPS) is 8.76. The summed E-state index contributed by atoms with van der Waals surface area (Å²) in [6.45, 7) is 12.4. The second-order valence-electron chi connectivity index (χ2n) is 3.63. The third-order valence-corrected chi connectivity index (χ3v) is 1.40. The van der Waals surface area contributed by atoms with Crippen LogP contribution in [-0.2, 0) is 9.59 Å². The van der Waals surface area contributed by atoms with Gasteiger partial charge in [0.1, 0.15) is 0 Å². The lowest BCUT2D eigenvalue weighted by Gasteiger charge is -2.02. The number of hydrogen-bond donors (Lipinski definition) is 3. The van der Waals surface area contributed by atoms with Crippen LogP contribution in [-0.4, -0.2) is 36.1 Å². The maximum Gasteiger partial charge on any atom is 0.246 e. The summed E-state index contributed by atoms with van der Waals surface area (Å²) in [5.41, 5.74) is 0.462. The average Bonchev–Trinajstić information content (AvgIpc) is 2.25. The summed E-state index contributed by atoms with van der Waals surface area (Å²) in [6.07, 6.45) is 1.26. The molecule has 0 aromatic rings. The first kappa shape index (κ1) is 17.8. The second-order valence-corrected chi connectivity index (χ2v) is 3.63. The van der Waals surface area contributed by atoms with Gasteiger partial charge in [0.15, 0.2) is 0 Å². The van der Waals surface area contributed by atoms with E-state index in [1.54, 1.807) is 6.92 Å². The molecule has 0 aromatic carbocycles. The van der Waals surface area contributed by atoms with Crippen molar-refractivity contribution in [1.82, 2.24) is 10.6 Å². The number of carbonyl (C=O) groups is 2. The molecule has 17 heavy (non-hydrogen) atoms. The van der Waals surface area contributed by atoms with E-state index in [-0.39, 0.29) is 24.5 Å². The van der Waals surface area contributed by atoms with Crippen molar-refractivity contribution >= 4 is 11.8 Å². The first-order chi connectivity index (χ1) is 7.84. The Kier molecular flexibility index (Phi) is 11.4. The minimum Gasteiger partial charge on any atom is -0.395 e. The molecule has 0 atom stereocenters. The highest BCUT2D eigenvalue weighted by Crippen LogP contribution is 1.83. The Bertz CT molecular complexity index is 273. The van der Waals surface area contributed by atoms with E-state index in [1.807, 2.05) is 13.8 Å². The topological polar surface area (TPSA) is 78.4 Å². The summed E-state index contributed by atoms with van der Waals surface area (Å²) in [5.74, 6) is -0.316. The van der Waals surface area contributed by atoms with E-state index in [2.05, 4.69) is 23.8 Å². The van der Waals surface area contributed by atoms with Crippen molar-refractivity contribution in [2.24, 2.45) is 0 Å². The van der Waals surface area contributed by atoms with E-state index in [9.17, 15) is 9.59 Å². The molecule has 0 aliphatic carbocycles. The van der Waals surface area contributed by atoms with E-state index in [1.165, 1.54) is 6.08 Å². The van der Waals surface area contributed by atoms with E-state index >= 15 is 0 Å². The first-order valence-electron chi connectivity index (χ1n) is 5.32. The fraction of sp³-hybridized carbons (Fsp3) is 0.500. The molecular formula is C12H22N2O3. The lowest BCUT2D eigenvalue weighted by molar-refractivity contribution is -0.118. The highest BCUT2D eigenvalue weighted by atomic mass is 16.3. The molecule has 5 heteroatoms. The standard InChI is InChI=1S/C6H11NO2.C6H11NO/c1-5(2)6(9)7-3-4-8;1-4-6(8)7-5(2)3/h8H,1,3-4H2,2H3,(H,7,9);4-5H,1H2,2-3H3,(H,7,8). The molecule has 98 valence electrons. The number of aliphatic hydroxyl groups excluding tert-OH is 1. The summed E-state index contributed by atoms with van der Waals surface area (Å²) in [5, 5.41) is 13.3. The zero-order valence-corrected chi connectivity index (χ0v) is 10.7. The number of nitrogens with one attached hydrogen (secondary N) is 2. The van der Waals surface area contributed by atoms with Gasteiger partial charge in [-0.3, -0.25) is 9.59 Å². The number of carbonyl (C=O) groups excluding carboxylic acids is 2. The van der Waals surface area contributed by atoms with Crippen molar-refractivity contribution in [3.63, 3.8) is 0 Å². The second kappa shape index (κ2) is 10.9. The van der Waals surface area contributed by atoms with Crippen LogP contribution < -0.4 is 10.6 Å². The molecular weight excluding hydrogens is 220 g/mol. The Hall–Kier alpha value is -1.62. The number of rotatable bonds is 5. The molecule has 0 fully saturated rings. The highest BCUT2D eigenvalue weighted by molar-refractivity contribution is 5.92. The number of hydrogen-bond acceptors (Lipinski definition) is 3. The van der Waals surface area contributed by atoms with Gasteiger partial charge in [0, 0.05) is 18.2 Å². The molecule has 0 aromatic heterocycles. The predicted octanol–water partition coefficient (Wildman–Crippen LogP) is 0.368.